The Morgan fingerprint density at radius 1 is 1.45 bits per heavy atom. The lowest BCUT2D eigenvalue weighted by atomic mass is 10.1. The van der Waals surface area contributed by atoms with Gasteiger partial charge in [0.1, 0.15) is 0 Å². The van der Waals surface area contributed by atoms with E-state index in [9.17, 15) is 4.79 Å². The third-order valence-electron chi connectivity index (χ3n) is 2.79. The number of hydrogen-bond donors (Lipinski definition) is 1. The number of thiophene rings is 1. The summed E-state index contributed by atoms with van der Waals surface area (Å²) >= 11 is 5.12. The van der Waals surface area contributed by atoms with E-state index in [1.165, 1.54) is 5.56 Å². The van der Waals surface area contributed by atoms with E-state index >= 15 is 0 Å². The van der Waals surface area contributed by atoms with Gasteiger partial charge in [-0.15, -0.1) is 11.3 Å². The molecule has 5 heteroatoms. The van der Waals surface area contributed by atoms with Gasteiger partial charge in [-0.2, -0.15) is 0 Å². The van der Waals surface area contributed by atoms with Gasteiger partial charge in [-0.25, -0.2) is 4.79 Å². The van der Waals surface area contributed by atoms with Gasteiger partial charge in [-0.1, -0.05) is 18.2 Å². The first-order valence-corrected chi connectivity index (χ1v) is 7.67. The highest BCUT2D eigenvalue weighted by molar-refractivity contribution is 9.11. The van der Waals surface area contributed by atoms with Crippen LogP contribution >= 0.6 is 27.3 Å². The Hall–Kier alpha value is -1.59. The smallest absolute Gasteiger partial charge is 0.328 e. The van der Waals surface area contributed by atoms with Crippen molar-refractivity contribution in [1.82, 2.24) is 0 Å². The molecule has 20 heavy (non-hydrogen) atoms. The highest BCUT2D eigenvalue weighted by Gasteiger charge is 2.07. The molecule has 0 fully saturated rings. The fraction of sp³-hybridized carbons (Fsp3) is 0.133. The SMILES string of the molecule is CN(Cc1csc(Br)c1)c1ccccc1C=CC(=O)O. The predicted molar refractivity (Wildman–Crippen MR) is 87.2 cm³/mol. The average molecular weight is 352 g/mol. The van der Waals surface area contributed by atoms with E-state index in [0.717, 1.165) is 27.7 Å². The molecule has 1 heterocycles. The number of benzene rings is 1. The van der Waals surface area contributed by atoms with Crippen molar-refractivity contribution in [3.05, 3.63) is 56.7 Å². The molecule has 0 aliphatic carbocycles. The van der Waals surface area contributed by atoms with Crippen LogP contribution in [0.1, 0.15) is 11.1 Å². The molecule has 0 bridgehead atoms. The zero-order chi connectivity index (χ0) is 14.5. The molecule has 0 unspecified atom stereocenters. The van der Waals surface area contributed by atoms with Gasteiger partial charge < -0.3 is 10.0 Å². The Bertz CT molecular complexity index is 636. The minimum absolute atomic E-state index is 0.778. The van der Waals surface area contributed by atoms with E-state index in [-0.39, 0.29) is 0 Å². The molecule has 1 aromatic heterocycles. The summed E-state index contributed by atoms with van der Waals surface area (Å²) in [5.74, 6) is -0.941. The fourth-order valence-corrected chi connectivity index (χ4v) is 3.13. The Kier molecular flexibility index (Phi) is 4.98. The highest BCUT2D eigenvalue weighted by Crippen LogP contribution is 2.25. The number of anilines is 1. The minimum atomic E-state index is -0.941. The average Bonchev–Trinajstić information content (AvgIpc) is 2.82. The molecule has 2 aromatic rings. The number of carboxylic acids is 1. The highest BCUT2D eigenvalue weighted by atomic mass is 79.9. The van der Waals surface area contributed by atoms with Crippen LogP contribution in [0.4, 0.5) is 5.69 Å². The second kappa shape index (κ2) is 6.72. The molecular formula is C15H14BrNO2S. The van der Waals surface area contributed by atoms with Gasteiger partial charge in [0, 0.05) is 25.4 Å². The summed E-state index contributed by atoms with van der Waals surface area (Å²) < 4.78 is 1.11. The Morgan fingerprint density at radius 3 is 2.85 bits per heavy atom. The molecule has 0 radical (unpaired) electrons. The Balaban J connectivity index is 2.20. The van der Waals surface area contributed by atoms with Gasteiger partial charge >= 0.3 is 5.97 Å². The van der Waals surface area contributed by atoms with Crippen molar-refractivity contribution < 1.29 is 9.90 Å². The lowest BCUT2D eigenvalue weighted by Crippen LogP contribution is -2.16. The van der Waals surface area contributed by atoms with Crippen LogP contribution in [0.15, 0.2) is 45.6 Å². The van der Waals surface area contributed by atoms with Crippen LogP contribution < -0.4 is 4.90 Å². The van der Waals surface area contributed by atoms with E-state index in [2.05, 4.69) is 32.3 Å². The van der Waals surface area contributed by atoms with E-state index in [0.29, 0.717) is 0 Å². The molecule has 3 nitrogen and oxygen atoms in total. The number of rotatable bonds is 5. The van der Waals surface area contributed by atoms with Crippen molar-refractivity contribution in [3.63, 3.8) is 0 Å². The van der Waals surface area contributed by atoms with Crippen LogP contribution in [0.25, 0.3) is 6.08 Å². The van der Waals surface area contributed by atoms with Crippen molar-refractivity contribution in [2.24, 2.45) is 0 Å². The third kappa shape index (κ3) is 3.95. The van der Waals surface area contributed by atoms with Crippen molar-refractivity contribution in [1.29, 1.82) is 0 Å². The van der Waals surface area contributed by atoms with Crippen molar-refractivity contribution in [2.75, 3.05) is 11.9 Å². The molecule has 0 aliphatic heterocycles. The number of hydrogen-bond acceptors (Lipinski definition) is 3. The van der Waals surface area contributed by atoms with E-state index < -0.39 is 5.97 Å². The quantitative estimate of drug-likeness (QED) is 0.818. The monoisotopic (exact) mass is 351 g/mol. The number of para-hydroxylation sites is 1. The summed E-state index contributed by atoms with van der Waals surface area (Å²) in [6, 6.07) is 9.85. The zero-order valence-corrected chi connectivity index (χ0v) is 13.3. The molecule has 104 valence electrons. The normalized spacial score (nSPS) is 10.9. The van der Waals surface area contributed by atoms with Crippen LogP contribution in [0.2, 0.25) is 0 Å². The molecule has 0 aliphatic rings. The van der Waals surface area contributed by atoms with Gasteiger partial charge in [-0.3, -0.25) is 0 Å². The lowest BCUT2D eigenvalue weighted by molar-refractivity contribution is -0.131. The van der Waals surface area contributed by atoms with E-state index in [1.807, 2.05) is 31.3 Å². The summed E-state index contributed by atoms with van der Waals surface area (Å²) in [7, 11) is 2.00. The van der Waals surface area contributed by atoms with Crippen LogP contribution in [0.5, 0.6) is 0 Å². The molecule has 1 N–H and O–H groups in total. The van der Waals surface area contributed by atoms with E-state index in [1.54, 1.807) is 17.4 Å². The van der Waals surface area contributed by atoms with Crippen LogP contribution in [-0.4, -0.2) is 18.1 Å². The van der Waals surface area contributed by atoms with Crippen LogP contribution in [-0.2, 0) is 11.3 Å². The number of halogens is 1. The summed E-state index contributed by atoms with van der Waals surface area (Å²) in [4.78, 5) is 12.8. The molecule has 0 atom stereocenters. The molecule has 1 aromatic carbocycles. The van der Waals surface area contributed by atoms with Crippen molar-refractivity contribution in [2.45, 2.75) is 6.54 Å². The molecule has 0 amide bonds. The second-order valence-electron chi connectivity index (χ2n) is 4.35. The molecule has 0 spiro atoms. The maximum Gasteiger partial charge on any atom is 0.328 e. The summed E-state index contributed by atoms with van der Waals surface area (Å²) in [5.41, 5.74) is 3.13. The molecule has 0 saturated heterocycles. The second-order valence-corrected chi connectivity index (χ2v) is 6.64. The van der Waals surface area contributed by atoms with Crippen molar-refractivity contribution in [3.8, 4) is 0 Å². The molecular weight excluding hydrogens is 338 g/mol. The van der Waals surface area contributed by atoms with Gasteiger partial charge in [0.05, 0.1) is 3.79 Å². The van der Waals surface area contributed by atoms with Crippen molar-refractivity contribution >= 4 is 45.0 Å². The lowest BCUT2D eigenvalue weighted by Gasteiger charge is -2.21. The summed E-state index contributed by atoms with van der Waals surface area (Å²) in [6.45, 7) is 0.778. The number of nitrogens with zero attached hydrogens (tertiary/aromatic N) is 1. The van der Waals surface area contributed by atoms with Crippen LogP contribution in [0, 0.1) is 0 Å². The Morgan fingerprint density at radius 2 is 2.20 bits per heavy atom. The van der Waals surface area contributed by atoms with E-state index in [4.69, 9.17) is 5.11 Å². The third-order valence-corrected chi connectivity index (χ3v) is 4.35. The maximum atomic E-state index is 10.6. The first-order chi connectivity index (χ1) is 9.56. The van der Waals surface area contributed by atoms with Crippen LogP contribution in [0.3, 0.4) is 0 Å². The first kappa shape index (κ1) is 14.8. The molecule has 2 rings (SSSR count). The first-order valence-electron chi connectivity index (χ1n) is 6.00. The fourth-order valence-electron chi connectivity index (χ4n) is 1.92. The molecule has 0 saturated carbocycles. The van der Waals surface area contributed by atoms with Gasteiger partial charge in [0.25, 0.3) is 0 Å². The number of aliphatic carboxylic acids is 1. The van der Waals surface area contributed by atoms with Gasteiger partial charge in [0.15, 0.2) is 0 Å². The maximum absolute atomic E-state index is 10.6. The largest absolute Gasteiger partial charge is 0.478 e. The topological polar surface area (TPSA) is 40.5 Å². The standard InChI is InChI=1S/C15H14BrNO2S/c1-17(9-11-8-14(16)20-10-11)13-5-3-2-4-12(13)6-7-15(18)19/h2-8,10H,9H2,1H3,(H,18,19). The zero-order valence-electron chi connectivity index (χ0n) is 10.9. The predicted octanol–water partition coefficient (Wildman–Crippen LogP) is 4.24. The number of carbonyl (C=O) groups is 1. The number of carboxylic acid groups (broad SMARTS) is 1. The minimum Gasteiger partial charge on any atom is -0.478 e. The van der Waals surface area contributed by atoms with Gasteiger partial charge in [-0.05, 0) is 50.6 Å². The Labute approximate surface area is 130 Å². The summed E-state index contributed by atoms with van der Waals surface area (Å²) in [6.07, 6.45) is 2.78. The van der Waals surface area contributed by atoms with Gasteiger partial charge in [0.2, 0.25) is 0 Å². The summed E-state index contributed by atoms with van der Waals surface area (Å²) in [5, 5.41) is 10.8.